The van der Waals surface area contributed by atoms with Crippen molar-refractivity contribution >= 4 is 6.29 Å². The van der Waals surface area contributed by atoms with Gasteiger partial charge in [0.25, 0.3) is 0 Å². The van der Waals surface area contributed by atoms with Gasteiger partial charge in [-0.25, -0.2) is 0 Å². The van der Waals surface area contributed by atoms with Gasteiger partial charge in [-0.05, 0) is 30.5 Å². The van der Waals surface area contributed by atoms with Crippen LogP contribution in [0, 0.1) is 16.7 Å². The Morgan fingerprint density at radius 2 is 1.55 bits per heavy atom. The van der Waals surface area contributed by atoms with E-state index in [0.29, 0.717) is 0 Å². The van der Waals surface area contributed by atoms with E-state index in [2.05, 4.69) is 0 Å². The fraction of sp³-hybridized carbons (Fsp3) is 0.429. The van der Waals surface area contributed by atoms with Crippen molar-refractivity contribution in [2.75, 3.05) is 0 Å². The second-order valence-corrected chi connectivity index (χ2v) is 4.87. The van der Waals surface area contributed by atoms with E-state index >= 15 is 0 Å². The zero-order valence-corrected chi connectivity index (χ0v) is 11.1. The molecule has 0 aliphatic rings. The molecule has 8 heteroatoms. The number of alkyl halides is 6. The first-order valence-electron chi connectivity index (χ1n) is 6.12. The molecule has 1 aromatic rings. The predicted molar refractivity (Wildman–Crippen MR) is 64.5 cm³/mol. The average Bonchev–Trinajstić information content (AvgIpc) is 2.42. The highest BCUT2D eigenvalue weighted by molar-refractivity contribution is 5.64. The van der Waals surface area contributed by atoms with Gasteiger partial charge in [0.1, 0.15) is 11.7 Å². The highest BCUT2D eigenvalue weighted by atomic mass is 19.4. The number of aldehydes is 1. The van der Waals surface area contributed by atoms with Gasteiger partial charge in [0.15, 0.2) is 0 Å². The van der Waals surface area contributed by atoms with Gasteiger partial charge in [0.05, 0.1) is 11.6 Å². The zero-order valence-electron chi connectivity index (χ0n) is 11.1. The SMILES string of the molecule is N#CC(C=O)(CCC(F)(F)F)Cc1ccc(C(F)(F)F)cc1. The lowest BCUT2D eigenvalue weighted by Crippen LogP contribution is -2.26. The van der Waals surface area contributed by atoms with E-state index in [1.807, 2.05) is 0 Å². The Hall–Kier alpha value is -2.04. The summed E-state index contributed by atoms with van der Waals surface area (Å²) >= 11 is 0. The molecule has 0 saturated heterocycles. The number of hydrogen-bond donors (Lipinski definition) is 0. The third-order valence-electron chi connectivity index (χ3n) is 3.10. The lowest BCUT2D eigenvalue weighted by molar-refractivity contribution is -0.141. The van der Waals surface area contributed by atoms with Crippen molar-refractivity contribution < 1.29 is 31.1 Å². The number of carbonyl (C=O) groups is 1. The van der Waals surface area contributed by atoms with Gasteiger partial charge in [-0.2, -0.15) is 31.6 Å². The summed E-state index contributed by atoms with van der Waals surface area (Å²) in [6, 6.07) is 5.15. The van der Waals surface area contributed by atoms with E-state index < -0.39 is 36.2 Å². The molecule has 0 heterocycles. The summed E-state index contributed by atoms with van der Waals surface area (Å²) < 4.78 is 73.9. The minimum atomic E-state index is -4.54. The van der Waals surface area contributed by atoms with E-state index in [1.54, 1.807) is 6.07 Å². The smallest absolute Gasteiger partial charge is 0.302 e. The molecule has 0 fully saturated rings. The van der Waals surface area contributed by atoms with Gasteiger partial charge >= 0.3 is 12.4 Å². The first-order valence-corrected chi connectivity index (χ1v) is 6.12. The van der Waals surface area contributed by atoms with Crippen LogP contribution in [0.25, 0.3) is 0 Å². The molecule has 22 heavy (non-hydrogen) atoms. The minimum Gasteiger partial charge on any atom is -0.302 e. The van der Waals surface area contributed by atoms with Gasteiger partial charge in [-0.3, -0.25) is 0 Å². The molecule has 1 atom stereocenters. The quantitative estimate of drug-likeness (QED) is 0.599. The second kappa shape index (κ2) is 6.38. The number of carbonyl (C=O) groups excluding carboxylic acids is 1. The molecule has 1 unspecified atom stereocenters. The van der Waals surface area contributed by atoms with Gasteiger partial charge in [-0.15, -0.1) is 0 Å². The summed E-state index contributed by atoms with van der Waals surface area (Å²) in [4.78, 5) is 11.0. The fourth-order valence-electron chi connectivity index (χ4n) is 1.85. The van der Waals surface area contributed by atoms with Gasteiger partial charge in [0, 0.05) is 6.42 Å². The largest absolute Gasteiger partial charge is 0.416 e. The molecule has 1 aromatic carbocycles. The number of benzene rings is 1. The minimum absolute atomic E-state index is 0.121. The van der Waals surface area contributed by atoms with E-state index in [9.17, 15) is 31.1 Å². The van der Waals surface area contributed by atoms with Crippen LogP contribution >= 0.6 is 0 Å². The topological polar surface area (TPSA) is 40.9 Å². The third kappa shape index (κ3) is 5.06. The molecule has 120 valence electrons. The van der Waals surface area contributed by atoms with E-state index in [0.717, 1.165) is 24.3 Å². The molecule has 0 amide bonds. The van der Waals surface area contributed by atoms with Crippen molar-refractivity contribution in [3.05, 3.63) is 35.4 Å². The summed E-state index contributed by atoms with van der Waals surface area (Å²) in [5.74, 6) is 0. The Balaban J connectivity index is 2.92. The molecule has 0 aliphatic carbocycles. The monoisotopic (exact) mass is 323 g/mol. The van der Waals surface area contributed by atoms with Crippen LogP contribution in [0.4, 0.5) is 26.3 Å². The normalized spacial score (nSPS) is 15.0. The van der Waals surface area contributed by atoms with Crippen molar-refractivity contribution in [2.45, 2.75) is 31.6 Å². The molecule has 0 saturated carbocycles. The number of rotatable bonds is 5. The molecule has 2 nitrogen and oxygen atoms in total. The van der Waals surface area contributed by atoms with Gasteiger partial charge in [-0.1, -0.05) is 12.1 Å². The van der Waals surface area contributed by atoms with Crippen LogP contribution in [0.2, 0.25) is 0 Å². The van der Waals surface area contributed by atoms with Gasteiger partial charge < -0.3 is 4.79 Å². The van der Waals surface area contributed by atoms with E-state index in [1.165, 1.54) is 0 Å². The van der Waals surface area contributed by atoms with Crippen LogP contribution in [0.5, 0.6) is 0 Å². The molecular weight excluding hydrogens is 312 g/mol. The Morgan fingerprint density at radius 1 is 1.00 bits per heavy atom. The lowest BCUT2D eigenvalue weighted by atomic mass is 9.80. The van der Waals surface area contributed by atoms with Crippen LogP contribution < -0.4 is 0 Å². The van der Waals surface area contributed by atoms with Gasteiger partial charge in [0.2, 0.25) is 0 Å². The highest BCUT2D eigenvalue weighted by Gasteiger charge is 2.37. The number of hydrogen-bond acceptors (Lipinski definition) is 2. The standard InChI is InChI=1S/C14H11F6NO/c15-13(16,17)6-5-12(8-21,9-22)7-10-1-3-11(4-2-10)14(18,19)20/h1-4,9H,5-7H2. The summed E-state index contributed by atoms with van der Waals surface area (Å²) in [5, 5.41) is 8.99. The highest BCUT2D eigenvalue weighted by Crippen LogP contribution is 2.33. The maximum Gasteiger partial charge on any atom is 0.416 e. The Labute approximate surface area is 122 Å². The molecule has 0 bridgehead atoms. The Bertz CT molecular complexity index is 555. The predicted octanol–water partition coefficient (Wildman–Crippen LogP) is 4.30. The van der Waals surface area contributed by atoms with E-state index in [4.69, 9.17) is 5.26 Å². The molecule has 0 radical (unpaired) electrons. The second-order valence-electron chi connectivity index (χ2n) is 4.87. The summed E-state index contributed by atoms with van der Waals surface area (Å²) in [5.41, 5.74) is -2.64. The van der Waals surface area contributed by atoms with Crippen LogP contribution in [-0.2, 0) is 17.4 Å². The molecular formula is C14H11F6NO. The number of nitrogens with zero attached hydrogens (tertiary/aromatic N) is 1. The first kappa shape index (κ1) is 18.0. The zero-order chi connectivity index (χ0) is 17.0. The van der Waals surface area contributed by atoms with Crippen molar-refractivity contribution in [1.29, 1.82) is 5.26 Å². The number of halogens is 6. The maximum atomic E-state index is 12.4. The fourth-order valence-corrected chi connectivity index (χ4v) is 1.85. The first-order chi connectivity index (χ1) is 10.0. The molecule has 0 aliphatic heterocycles. The average molecular weight is 323 g/mol. The van der Waals surface area contributed by atoms with Crippen LogP contribution in [-0.4, -0.2) is 12.5 Å². The lowest BCUT2D eigenvalue weighted by Gasteiger charge is -2.21. The summed E-state index contributed by atoms with van der Waals surface area (Å²) in [7, 11) is 0. The Kier molecular flexibility index (Phi) is 5.22. The summed E-state index contributed by atoms with van der Waals surface area (Å²) in [6.07, 6.45) is -11.4. The molecule has 0 aromatic heterocycles. The molecule has 0 N–H and O–H groups in total. The van der Waals surface area contributed by atoms with Crippen LogP contribution in [0.15, 0.2) is 24.3 Å². The van der Waals surface area contributed by atoms with Crippen LogP contribution in [0.1, 0.15) is 24.0 Å². The van der Waals surface area contributed by atoms with Crippen molar-refractivity contribution in [3.8, 4) is 6.07 Å². The van der Waals surface area contributed by atoms with Crippen molar-refractivity contribution in [2.24, 2.45) is 5.41 Å². The van der Waals surface area contributed by atoms with E-state index in [-0.39, 0.29) is 18.3 Å². The number of nitriles is 1. The van der Waals surface area contributed by atoms with Crippen LogP contribution in [0.3, 0.4) is 0 Å². The van der Waals surface area contributed by atoms with Crippen molar-refractivity contribution in [3.63, 3.8) is 0 Å². The molecule has 0 spiro atoms. The summed E-state index contributed by atoms with van der Waals surface area (Å²) in [6.45, 7) is 0. The third-order valence-corrected chi connectivity index (χ3v) is 3.10. The van der Waals surface area contributed by atoms with Crippen molar-refractivity contribution in [1.82, 2.24) is 0 Å². The molecule has 1 rings (SSSR count). The maximum absolute atomic E-state index is 12.4. The Morgan fingerprint density at radius 3 is 1.91 bits per heavy atom.